The molecule has 6 nitrogen and oxygen atoms in total. The van der Waals surface area contributed by atoms with E-state index in [9.17, 15) is 4.79 Å². The number of benzene rings is 1. The highest BCUT2D eigenvalue weighted by molar-refractivity contribution is 5.90. The summed E-state index contributed by atoms with van der Waals surface area (Å²) < 4.78 is 10.4. The Kier molecular flexibility index (Phi) is 6.87. The summed E-state index contributed by atoms with van der Waals surface area (Å²) >= 11 is 0. The predicted molar refractivity (Wildman–Crippen MR) is 89.8 cm³/mol. The monoisotopic (exact) mass is 315 g/mol. The number of amides is 1. The molecule has 23 heavy (non-hydrogen) atoms. The normalized spacial score (nSPS) is 10.1. The number of nitrogens with one attached hydrogen (secondary N) is 2. The lowest BCUT2D eigenvalue weighted by Crippen LogP contribution is -2.15. The summed E-state index contributed by atoms with van der Waals surface area (Å²) in [6.45, 7) is 1.63. The summed E-state index contributed by atoms with van der Waals surface area (Å²) in [6, 6.07) is 13.0. The Bertz CT molecular complexity index is 588. The molecule has 1 aromatic carbocycles. The molecule has 1 aromatic heterocycles. The fraction of sp³-hybridized carbons (Fsp3) is 0.294. The molecule has 0 aliphatic carbocycles. The van der Waals surface area contributed by atoms with Crippen molar-refractivity contribution < 1.29 is 14.3 Å². The van der Waals surface area contributed by atoms with Crippen LogP contribution >= 0.6 is 0 Å². The fourth-order valence-corrected chi connectivity index (χ4v) is 1.86. The number of hydrogen-bond acceptors (Lipinski definition) is 5. The van der Waals surface area contributed by atoms with Gasteiger partial charge in [0.05, 0.1) is 31.5 Å². The second-order valence-corrected chi connectivity index (χ2v) is 4.81. The molecule has 0 saturated carbocycles. The zero-order valence-electron chi connectivity index (χ0n) is 13.1. The minimum absolute atomic E-state index is 0.108. The number of methoxy groups -OCH3 is 1. The van der Waals surface area contributed by atoms with Crippen LogP contribution < -0.4 is 15.4 Å². The summed E-state index contributed by atoms with van der Waals surface area (Å²) in [5, 5.41) is 5.90. The molecule has 0 fully saturated rings. The molecule has 1 heterocycles. The SMILES string of the molecule is COCCNc1ccc(NC(=O)CCOc2ccccc2)cn1. The molecular weight excluding hydrogens is 294 g/mol. The number of carbonyl (C=O) groups excluding carboxylic acids is 1. The second kappa shape index (κ2) is 9.42. The van der Waals surface area contributed by atoms with E-state index in [1.165, 1.54) is 0 Å². The zero-order chi connectivity index (χ0) is 16.3. The first-order chi connectivity index (χ1) is 11.3. The number of pyridine rings is 1. The Morgan fingerprint density at radius 3 is 2.65 bits per heavy atom. The van der Waals surface area contributed by atoms with Gasteiger partial charge in [-0.2, -0.15) is 0 Å². The van der Waals surface area contributed by atoms with Gasteiger partial charge in [0.1, 0.15) is 11.6 Å². The smallest absolute Gasteiger partial charge is 0.227 e. The molecule has 2 rings (SSSR count). The van der Waals surface area contributed by atoms with Crippen molar-refractivity contribution in [2.45, 2.75) is 6.42 Å². The topological polar surface area (TPSA) is 72.5 Å². The molecule has 0 atom stereocenters. The van der Waals surface area contributed by atoms with Gasteiger partial charge < -0.3 is 20.1 Å². The van der Waals surface area contributed by atoms with Gasteiger partial charge in [-0.25, -0.2) is 4.98 Å². The summed E-state index contributed by atoms with van der Waals surface area (Å²) in [5.74, 6) is 1.39. The summed E-state index contributed by atoms with van der Waals surface area (Å²) in [6.07, 6.45) is 1.90. The van der Waals surface area contributed by atoms with Crippen molar-refractivity contribution in [1.82, 2.24) is 4.98 Å². The van der Waals surface area contributed by atoms with Crippen molar-refractivity contribution in [3.05, 3.63) is 48.7 Å². The number of nitrogens with zero attached hydrogens (tertiary/aromatic N) is 1. The number of para-hydroxylation sites is 1. The molecule has 0 saturated heterocycles. The van der Waals surface area contributed by atoms with Gasteiger partial charge in [-0.1, -0.05) is 18.2 Å². The van der Waals surface area contributed by atoms with Crippen LogP contribution in [0, 0.1) is 0 Å². The van der Waals surface area contributed by atoms with E-state index in [1.807, 2.05) is 36.4 Å². The quantitative estimate of drug-likeness (QED) is 0.696. The van der Waals surface area contributed by atoms with Crippen molar-refractivity contribution in [3.8, 4) is 5.75 Å². The minimum atomic E-state index is -0.108. The van der Waals surface area contributed by atoms with E-state index in [0.29, 0.717) is 25.4 Å². The maximum Gasteiger partial charge on any atom is 0.227 e. The van der Waals surface area contributed by atoms with Crippen LogP contribution in [0.3, 0.4) is 0 Å². The first-order valence-corrected chi connectivity index (χ1v) is 7.44. The van der Waals surface area contributed by atoms with Gasteiger partial charge in [0.25, 0.3) is 0 Å². The third-order valence-electron chi connectivity index (χ3n) is 3.00. The third kappa shape index (κ3) is 6.36. The van der Waals surface area contributed by atoms with E-state index in [1.54, 1.807) is 19.4 Å². The highest BCUT2D eigenvalue weighted by Gasteiger charge is 2.03. The van der Waals surface area contributed by atoms with E-state index in [-0.39, 0.29) is 12.3 Å². The molecule has 2 N–H and O–H groups in total. The van der Waals surface area contributed by atoms with Crippen molar-refractivity contribution in [1.29, 1.82) is 0 Å². The van der Waals surface area contributed by atoms with Gasteiger partial charge in [0.15, 0.2) is 0 Å². The molecule has 0 aliphatic rings. The van der Waals surface area contributed by atoms with Crippen LogP contribution in [-0.2, 0) is 9.53 Å². The molecular formula is C17H21N3O3. The largest absolute Gasteiger partial charge is 0.493 e. The maximum absolute atomic E-state index is 11.8. The first-order valence-electron chi connectivity index (χ1n) is 7.44. The van der Waals surface area contributed by atoms with Crippen molar-refractivity contribution >= 4 is 17.4 Å². The number of hydrogen-bond donors (Lipinski definition) is 2. The summed E-state index contributed by atoms with van der Waals surface area (Å²) in [5.41, 5.74) is 0.659. The van der Waals surface area contributed by atoms with Crippen molar-refractivity contribution in [2.75, 3.05) is 37.5 Å². The van der Waals surface area contributed by atoms with E-state index in [2.05, 4.69) is 15.6 Å². The van der Waals surface area contributed by atoms with Crippen LogP contribution in [0.4, 0.5) is 11.5 Å². The fourth-order valence-electron chi connectivity index (χ4n) is 1.86. The standard InChI is InChI=1S/C17H21N3O3/c1-22-12-10-18-16-8-7-14(13-19-16)20-17(21)9-11-23-15-5-3-2-4-6-15/h2-8,13H,9-12H2,1H3,(H,18,19)(H,20,21). The Labute approximate surface area is 135 Å². The number of carbonyl (C=O) groups is 1. The summed E-state index contributed by atoms with van der Waals surface area (Å²) in [4.78, 5) is 16.1. The molecule has 2 aromatic rings. The third-order valence-corrected chi connectivity index (χ3v) is 3.00. The van der Waals surface area contributed by atoms with Crippen molar-refractivity contribution in [3.63, 3.8) is 0 Å². The molecule has 0 spiro atoms. The van der Waals surface area contributed by atoms with Crippen LogP contribution in [0.15, 0.2) is 48.7 Å². The number of rotatable bonds is 9. The molecule has 0 bridgehead atoms. The Hall–Kier alpha value is -2.60. The Morgan fingerprint density at radius 1 is 1.13 bits per heavy atom. The highest BCUT2D eigenvalue weighted by Crippen LogP contribution is 2.11. The van der Waals surface area contributed by atoms with E-state index < -0.39 is 0 Å². The van der Waals surface area contributed by atoms with Crippen LogP contribution in [0.25, 0.3) is 0 Å². The first kappa shape index (κ1) is 16.8. The van der Waals surface area contributed by atoms with Gasteiger partial charge >= 0.3 is 0 Å². The van der Waals surface area contributed by atoms with Gasteiger partial charge in [-0.3, -0.25) is 4.79 Å². The molecule has 6 heteroatoms. The van der Waals surface area contributed by atoms with Crippen LogP contribution in [0.2, 0.25) is 0 Å². The van der Waals surface area contributed by atoms with Gasteiger partial charge in [0, 0.05) is 13.7 Å². The van der Waals surface area contributed by atoms with Gasteiger partial charge in [0.2, 0.25) is 5.91 Å². The Morgan fingerprint density at radius 2 is 1.96 bits per heavy atom. The van der Waals surface area contributed by atoms with Crippen LogP contribution in [0.5, 0.6) is 5.75 Å². The molecule has 0 aliphatic heterocycles. The average Bonchev–Trinajstić information content (AvgIpc) is 2.58. The summed E-state index contributed by atoms with van der Waals surface area (Å²) in [7, 11) is 1.65. The lowest BCUT2D eigenvalue weighted by Gasteiger charge is -2.08. The lowest BCUT2D eigenvalue weighted by molar-refractivity contribution is -0.116. The average molecular weight is 315 g/mol. The van der Waals surface area contributed by atoms with Crippen LogP contribution in [-0.4, -0.2) is 37.8 Å². The number of anilines is 2. The molecule has 0 unspecified atom stereocenters. The number of ether oxygens (including phenoxy) is 2. The van der Waals surface area contributed by atoms with Crippen LogP contribution in [0.1, 0.15) is 6.42 Å². The predicted octanol–water partition coefficient (Wildman–Crippen LogP) is 2.55. The maximum atomic E-state index is 11.8. The zero-order valence-corrected chi connectivity index (χ0v) is 13.1. The minimum Gasteiger partial charge on any atom is -0.493 e. The Balaban J connectivity index is 1.70. The molecule has 0 radical (unpaired) electrons. The highest BCUT2D eigenvalue weighted by atomic mass is 16.5. The van der Waals surface area contributed by atoms with E-state index in [4.69, 9.17) is 9.47 Å². The molecule has 122 valence electrons. The second-order valence-electron chi connectivity index (χ2n) is 4.81. The molecule has 1 amide bonds. The van der Waals surface area contributed by atoms with Gasteiger partial charge in [-0.15, -0.1) is 0 Å². The van der Waals surface area contributed by atoms with Crippen molar-refractivity contribution in [2.24, 2.45) is 0 Å². The lowest BCUT2D eigenvalue weighted by atomic mass is 10.3. The van der Waals surface area contributed by atoms with Gasteiger partial charge in [-0.05, 0) is 24.3 Å². The number of aromatic nitrogens is 1. The van der Waals surface area contributed by atoms with E-state index in [0.717, 1.165) is 11.6 Å². The van der Waals surface area contributed by atoms with E-state index >= 15 is 0 Å².